The predicted octanol–water partition coefficient (Wildman–Crippen LogP) is 4.63. The largest absolute Gasteiger partial charge is 0.380 e. The Hall–Kier alpha value is -2.09. The van der Waals surface area contributed by atoms with Crippen molar-refractivity contribution in [1.82, 2.24) is 0 Å². The summed E-state index contributed by atoms with van der Waals surface area (Å²) < 4.78 is 0. The van der Waals surface area contributed by atoms with Crippen LogP contribution in [0.25, 0.3) is 0 Å². The SMILES string of the molecule is CC.Cc1cccc(C=N)c1NCc1ccccc1. The van der Waals surface area contributed by atoms with Gasteiger partial charge in [-0.3, -0.25) is 0 Å². The van der Waals surface area contributed by atoms with Crippen molar-refractivity contribution in [3.8, 4) is 0 Å². The summed E-state index contributed by atoms with van der Waals surface area (Å²) in [5.41, 5.74) is 4.39. The highest BCUT2D eigenvalue weighted by molar-refractivity contribution is 5.86. The van der Waals surface area contributed by atoms with Crippen LogP contribution in [0.3, 0.4) is 0 Å². The van der Waals surface area contributed by atoms with Crippen LogP contribution in [0.4, 0.5) is 5.69 Å². The van der Waals surface area contributed by atoms with E-state index in [4.69, 9.17) is 5.41 Å². The third-order valence-electron chi connectivity index (χ3n) is 2.77. The van der Waals surface area contributed by atoms with Gasteiger partial charge in [0.2, 0.25) is 0 Å². The van der Waals surface area contributed by atoms with Gasteiger partial charge in [-0.1, -0.05) is 62.4 Å². The summed E-state index contributed by atoms with van der Waals surface area (Å²) in [6, 6.07) is 16.3. The summed E-state index contributed by atoms with van der Waals surface area (Å²) in [6.45, 7) is 6.84. The number of aryl methyl sites for hydroxylation is 1. The normalized spacial score (nSPS) is 9.21. The van der Waals surface area contributed by atoms with Crippen LogP contribution in [-0.4, -0.2) is 6.21 Å². The van der Waals surface area contributed by atoms with Crippen LogP contribution in [0.5, 0.6) is 0 Å². The third kappa shape index (κ3) is 4.25. The molecule has 2 nitrogen and oxygen atoms in total. The highest BCUT2D eigenvalue weighted by Crippen LogP contribution is 2.19. The first kappa shape index (κ1) is 15.0. The van der Waals surface area contributed by atoms with Crippen LogP contribution in [-0.2, 0) is 6.54 Å². The van der Waals surface area contributed by atoms with Crippen LogP contribution >= 0.6 is 0 Å². The Labute approximate surface area is 116 Å². The van der Waals surface area contributed by atoms with Gasteiger partial charge in [0.25, 0.3) is 0 Å². The van der Waals surface area contributed by atoms with Crippen molar-refractivity contribution in [3.63, 3.8) is 0 Å². The zero-order valence-electron chi connectivity index (χ0n) is 11.9. The minimum atomic E-state index is 0.784. The first-order valence-electron chi connectivity index (χ1n) is 6.69. The zero-order valence-corrected chi connectivity index (χ0v) is 11.9. The van der Waals surface area contributed by atoms with Crippen LogP contribution in [0.1, 0.15) is 30.5 Å². The fourth-order valence-corrected chi connectivity index (χ4v) is 1.84. The highest BCUT2D eigenvalue weighted by Gasteiger charge is 2.02. The Kier molecular flexibility index (Phi) is 6.37. The molecule has 2 rings (SSSR count). The molecule has 0 atom stereocenters. The highest BCUT2D eigenvalue weighted by atomic mass is 14.9. The summed E-state index contributed by atoms with van der Waals surface area (Å²) in [6.07, 6.45) is 1.39. The van der Waals surface area contributed by atoms with E-state index in [1.54, 1.807) is 0 Å². The third-order valence-corrected chi connectivity index (χ3v) is 2.77. The van der Waals surface area contributed by atoms with Gasteiger partial charge < -0.3 is 10.7 Å². The van der Waals surface area contributed by atoms with E-state index in [1.165, 1.54) is 17.3 Å². The van der Waals surface area contributed by atoms with Gasteiger partial charge in [-0.25, -0.2) is 0 Å². The van der Waals surface area contributed by atoms with Crippen LogP contribution < -0.4 is 5.32 Å². The lowest BCUT2D eigenvalue weighted by atomic mass is 10.1. The van der Waals surface area contributed by atoms with Crippen molar-refractivity contribution in [2.24, 2.45) is 0 Å². The van der Waals surface area contributed by atoms with E-state index in [1.807, 2.05) is 44.2 Å². The number of hydrogen-bond acceptors (Lipinski definition) is 2. The van der Waals surface area contributed by atoms with E-state index in [0.29, 0.717) is 0 Å². The number of rotatable bonds is 4. The van der Waals surface area contributed by atoms with Gasteiger partial charge in [0.05, 0.1) is 0 Å². The molecule has 2 aromatic rings. The maximum absolute atomic E-state index is 7.40. The smallest absolute Gasteiger partial charge is 0.0461 e. The molecule has 0 aromatic heterocycles. The predicted molar refractivity (Wildman–Crippen MR) is 84.2 cm³/mol. The lowest BCUT2D eigenvalue weighted by molar-refractivity contribution is 1.14. The van der Waals surface area contributed by atoms with Gasteiger partial charge in [0, 0.05) is 24.0 Å². The molecule has 0 saturated heterocycles. The molecule has 0 spiro atoms. The molecule has 0 aliphatic heterocycles. The molecule has 0 amide bonds. The van der Waals surface area contributed by atoms with E-state index >= 15 is 0 Å². The molecule has 0 radical (unpaired) electrons. The van der Waals surface area contributed by atoms with Gasteiger partial charge in [0.1, 0.15) is 0 Å². The molecule has 0 fully saturated rings. The van der Waals surface area contributed by atoms with Gasteiger partial charge in [0.15, 0.2) is 0 Å². The van der Waals surface area contributed by atoms with Gasteiger partial charge in [-0.05, 0) is 18.1 Å². The molecule has 0 unspecified atom stereocenters. The minimum absolute atomic E-state index is 0.784. The number of nitrogens with one attached hydrogen (secondary N) is 2. The maximum Gasteiger partial charge on any atom is 0.0461 e. The summed E-state index contributed by atoms with van der Waals surface area (Å²) >= 11 is 0. The van der Waals surface area contributed by atoms with Crippen molar-refractivity contribution in [1.29, 1.82) is 5.41 Å². The second-order valence-corrected chi connectivity index (χ2v) is 4.02. The Balaban J connectivity index is 0.000000861. The van der Waals surface area contributed by atoms with Crippen molar-refractivity contribution < 1.29 is 0 Å². The van der Waals surface area contributed by atoms with Crippen molar-refractivity contribution >= 4 is 11.9 Å². The molecular formula is C17H22N2. The average Bonchev–Trinajstić information content (AvgIpc) is 2.49. The summed E-state index contributed by atoms with van der Waals surface area (Å²) in [5, 5.41) is 10.8. The summed E-state index contributed by atoms with van der Waals surface area (Å²) in [4.78, 5) is 0. The van der Waals surface area contributed by atoms with Crippen molar-refractivity contribution in [3.05, 3.63) is 65.2 Å². The summed E-state index contributed by atoms with van der Waals surface area (Å²) in [5.74, 6) is 0. The molecule has 0 heterocycles. The fourth-order valence-electron chi connectivity index (χ4n) is 1.84. The van der Waals surface area contributed by atoms with E-state index in [-0.39, 0.29) is 0 Å². The molecule has 2 heteroatoms. The second kappa shape index (κ2) is 8.09. The number of para-hydroxylation sites is 1. The Morgan fingerprint density at radius 2 is 1.68 bits per heavy atom. The van der Waals surface area contributed by atoms with Gasteiger partial charge in [-0.2, -0.15) is 0 Å². The molecule has 0 saturated carbocycles. The Morgan fingerprint density at radius 1 is 1.00 bits per heavy atom. The van der Waals surface area contributed by atoms with Crippen LogP contribution in [0.2, 0.25) is 0 Å². The maximum atomic E-state index is 7.40. The first-order chi connectivity index (χ1) is 9.31. The van der Waals surface area contributed by atoms with Crippen molar-refractivity contribution in [2.45, 2.75) is 27.3 Å². The monoisotopic (exact) mass is 254 g/mol. The first-order valence-corrected chi connectivity index (χ1v) is 6.69. The standard InChI is InChI=1S/C15H16N2.C2H6/c1-12-6-5-9-14(10-16)15(12)17-11-13-7-3-2-4-8-13;1-2/h2-10,16-17H,11H2,1H3;1-2H3. The molecular weight excluding hydrogens is 232 g/mol. The molecule has 0 bridgehead atoms. The average molecular weight is 254 g/mol. The molecule has 0 aliphatic carbocycles. The van der Waals surface area contributed by atoms with E-state index in [9.17, 15) is 0 Å². The molecule has 2 aromatic carbocycles. The van der Waals surface area contributed by atoms with Crippen molar-refractivity contribution in [2.75, 3.05) is 5.32 Å². The van der Waals surface area contributed by atoms with E-state index in [2.05, 4.69) is 30.4 Å². The molecule has 0 aliphatic rings. The van der Waals surface area contributed by atoms with Gasteiger partial charge in [-0.15, -0.1) is 0 Å². The molecule has 100 valence electrons. The van der Waals surface area contributed by atoms with Crippen LogP contribution in [0.15, 0.2) is 48.5 Å². The van der Waals surface area contributed by atoms with E-state index < -0.39 is 0 Å². The van der Waals surface area contributed by atoms with Crippen LogP contribution in [0, 0.1) is 12.3 Å². The minimum Gasteiger partial charge on any atom is -0.380 e. The number of anilines is 1. The molecule has 19 heavy (non-hydrogen) atoms. The second-order valence-electron chi connectivity index (χ2n) is 4.02. The Morgan fingerprint density at radius 3 is 2.32 bits per heavy atom. The lowest BCUT2D eigenvalue weighted by Crippen LogP contribution is -2.03. The topological polar surface area (TPSA) is 35.9 Å². The molecule has 2 N–H and O–H groups in total. The number of hydrogen-bond donors (Lipinski definition) is 2. The zero-order chi connectivity index (χ0) is 14.1. The Bertz CT molecular complexity index is 504. The fraction of sp³-hybridized carbons (Fsp3) is 0.235. The number of benzene rings is 2. The summed E-state index contributed by atoms with van der Waals surface area (Å²) in [7, 11) is 0. The lowest BCUT2D eigenvalue weighted by Gasteiger charge is -2.12. The van der Waals surface area contributed by atoms with E-state index in [0.717, 1.165) is 17.8 Å². The quantitative estimate of drug-likeness (QED) is 0.767. The van der Waals surface area contributed by atoms with Gasteiger partial charge >= 0.3 is 0 Å².